The van der Waals surface area contributed by atoms with Crippen molar-refractivity contribution in [2.24, 2.45) is 0 Å². The molecule has 0 spiro atoms. The number of nitrogens with zero attached hydrogens (tertiary/aromatic N) is 1. The Kier molecular flexibility index (Phi) is 6.95. The Bertz CT molecular complexity index is 880. The van der Waals surface area contributed by atoms with Crippen LogP contribution in [-0.4, -0.2) is 24.0 Å². The molecule has 1 amide bonds. The van der Waals surface area contributed by atoms with E-state index in [2.05, 4.69) is 21.2 Å². The Balaban J connectivity index is 2.09. The van der Waals surface area contributed by atoms with Crippen molar-refractivity contribution in [3.05, 3.63) is 62.6 Å². The minimum absolute atomic E-state index is 0.0196. The van der Waals surface area contributed by atoms with Crippen LogP contribution in [-0.2, 0) is 4.79 Å². The van der Waals surface area contributed by atoms with Gasteiger partial charge in [0.1, 0.15) is 0 Å². The van der Waals surface area contributed by atoms with Crippen LogP contribution in [0.25, 0.3) is 6.08 Å². The fraction of sp³-hybridized carbons (Fsp3) is 0.211. The number of nitro groups is 1. The van der Waals surface area contributed by atoms with Crippen LogP contribution in [0.5, 0.6) is 11.5 Å². The van der Waals surface area contributed by atoms with E-state index in [-0.39, 0.29) is 17.7 Å². The first-order valence-corrected chi connectivity index (χ1v) is 8.87. The summed E-state index contributed by atoms with van der Waals surface area (Å²) in [5, 5.41) is 13.4. The number of rotatable bonds is 7. The first kappa shape index (κ1) is 20.4. The number of carbonyl (C=O) groups excluding carboxylic acids is 1. The lowest BCUT2D eigenvalue weighted by atomic mass is 10.2. The fourth-order valence-electron chi connectivity index (χ4n) is 2.20. The van der Waals surface area contributed by atoms with Crippen molar-refractivity contribution in [1.29, 1.82) is 0 Å². The Morgan fingerprint density at radius 2 is 1.96 bits per heavy atom. The molecule has 0 fully saturated rings. The van der Waals surface area contributed by atoms with Gasteiger partial charge >= 0.3 is 0 Å². The van der Waals surface area contributed by atoms with E-state index < -0.39 is 4.92 Å². The Hall–Kier alpha value is -2.87. The number of halogens is 1. The molecule has 1 N–H and O–H groups in total. The summed E-state index contributed by atoms with van der Waals surface area (Å²) >= 11 is 3.21. The maximum atomic E-state index is 12.1. The molecule has 0 aromatic heterocycles. The highest BCUT2D eigenvalue weighted by Crippen LogP contribution is 2.30. The number of hydrogen-bond donors (Lipinski definition) is 1. The van der Waals surface area contributed by atoms with Gasteiger partial charge in [-0.05, 0) is 59.6 Å². The second-order valence-electron chi connectivity index (χ2n) is 5.82. The average Bonchev–Trinajstić information content (AvgIpc) is 2.61. The number of methoxy groups -OCH3 is 1. The Morgan fingerprint density at radius 3 is 2.56 bits per heavy atom. The quantitative estimate of drug-likeness (QED) is 0.383. The molecule has 27 heavy (non-hydrogen) atoms. The van der Waals surface area contributed by atoms with Gasteiger partial charge in [-0.2, -0.15) is 0 Å². The van der Waals surface area contributed by atoms with Crippen molar-refractivity contribution in [1.82, 2.24) is 0 Å². The minimum Gasteiger partial charge on any atom is -0.493 e. The van der Waals surface area contributed by atoms with Crippen LogP contribution in [0.4, 0.5) is 11.4 Å². The van der Waals surface area contributed by atoms with Gasteiger partial charge < -0.3 is 14.8 Å². The summed E-state index contributed by atoms with van der Waals surface area (Å²) in [5.41, 5.74) is 1.14. The Labute approximate surface area is 165 Å². The van der Waals surface area contributed by atoms with E-state index in [1.54, 1.807) is 25.3 Å². The van der Waals surface area contributed by atoms with E-state index >= 15 is 0 Å². The van der Waals surface area contributed by atoms with Gasteiger partial charge in [0.2, 0.25) is 5.91 Å². The number of carbonyl (C=O) groups is 1. The van der Waals surface area contributed by atoms with Crippen molar-refractivity contribution in [2.75, 3.05) is 12.4 Å². The topological polar surface area (TPSA) is 90.7 Å². The zero-order valence-electron chi connectivity index (χ0n) is 15.1. The maximum absolute atomic E-state index is 12.1. The molecule has 2 aromatic carbocycles. The lowest BCUT2D eigenvalue weighted by molar-refractivity contribution is -0.384. The summed E-state index contributed by atoms with van der Waals surface area (Å²) in [7, 11) is 1.55. The zero-order valence-corrected chi connectivity index (χ0v) is 16.6. The number of non-ortho nitro benzene ring substituents is 1. The lowest BCUT2D eigenvalue weighted by Crippen LogP contribution is -2.08. The monoisotopic (exact) mass is 434 g/mol. The standard InChI is InChI=1S/C19H19BrN2O5/c1-12(2)27-17-8-4-13(10-18(17)26-3)5-9-19(23)21-16-7-6-14(22(24)25)11-15(16)20/h4-12H,1-3H3,(H,21,23)/b9-5+. The number of hydrogen-bond acceptors (Lipinski definition) is 5. The summed E-state index contributed by atoms with van der Waals surface area (Å²) in [6.45, 7) is 3.85. The van der Waals surface area contributed by atoms with Gasteiger partial charge in [0.15, 0.2) is 11.5 Å². The first-order chi connectivity index (χ1) is 12.8. The van der Waals surface area contributed by atoms with E-state index in [1.165, 1.54) is 24.3 Å². The van der Waals surface area contributed by atoms with Crippen molar-refractivity contribution >= 4 is 39.3 Å². The molecule has 2 rings (SSSR count). The molecule has 7 nitrogen and oxygen atoms in total. The van der Waals surface area contributed by atoms with E-state index in [9.17, 15) is 14.9 Å². The molecule has 0 atom stereocenters. The second-order valence-corrected chi connectivity index (χ2v) is 6.68. The average molecular weight is 435 g/mol. The predicted molar refractivity (Wildman–Crippen MR) is 107 cm³/mol. The summed E-state index contributed by atoms with van der Waals surface area (Å²) in [4.78, 5) is 22.4. The Morgan fingerprint density at radius 1 is 1.22 bits per heavy atom. The van der Waals surface area contributed by atoms with Gasteiger partial charge in [-0.25, -0.2) is 0 Å². The molecule has 0 saturated heterocycles. The van der Waals surface area contributed by atoms with Gasteiger partial charge in [-0.3, -0.25) is 14.9 Å². The molecule has 0 radical (unpaired) electrons. The molecule has 0 heterocycles. The van der Waals surface area contributed by atoms with Gasteiger partial charge in [-0.15, -0.1) is 0 Å². The number of amides is 1. The van der Waals surface area contributed by atoms with Crippen molar-refractivity contribution in [3.63, 3.8) is 0 Å². The SMILES string of the molecule is COc1cc(/C=C/C(=O)Nc2ccc([N+](=O)[O-])cc2Br)ccc1OC(C)C. The third-order valence-electron chi connectivity index (χ3n) is 3.40. The first-order valence-electron chi connectivity index (χ1n) is 8.08. The number of ether oxygens (including phenoxy) is 2. The van der Waals surface area contributed by atoms with Crippen LogP contribution < -0.4 is 14.8 Å². The minimum atomic E-state index is -0.504. The normalized spacial score (nSPS) is 10.9. The maximum Gasteiger partial charge on any atom is 0.270 e. The van der Waals surface area contributed by atoms with E-state index in [0.717, 1.165) is 5.56 Å². The molecule has 8 heteroatoms. The highest BCUT2D eigenvalue weighted by molar-refractivity contribution is 9.10. The van der Waals surface area contributed by atoms with Crippen LogP contribution in [0, 0.1) is 10.1 Å². The summed E-state index contributed by atoms with van der Waals surface area (Å²) in [6.07, 6.45) is 3.02. The summed E-state index contributed by atoms with van der Waals surface area (Å²) in [6, 6.07) is 9.48. The van der Waals surface area contributed by atoms with Gasteiger partial charge in [0.05, 0.1) is 23.8 Å². The lowest BCUT2D eigenvalue weighted by Gasteiger charge is -2.13. The molecule has 0 aliphatic heterocycles. The molecule has 0 bridgehead atoms. The molecule has 142 valence electrons. The zero-order chi connectivity index (χ0) is 20.0. The van der Waals surface area contributed by atoms with Crippen molar-refractivity contribution in [2.45, 2.75) is 20.0 Å². The second kappa shape index (κ2) is 9.18. The molecule has 0 aliphatic rings. The molecular weight excluding hydrogens is 416 g/mol. The number of nitrogens with one attached hydrogen (secondary N) is 1. The highest BCUT2D eigenvalue weighted by atomic mass is 79.9. The van der Waals surface area contributed by atoms with Crippen molar-refractivity contribution < 1.29 is 19.2 Å². The smallest absolute Gasteiger partial charge is 0.270 e. The summed E-state index contributed by atoms with van der Waals surface area (Å²) in [5.74, 6) is 0.833. The fourth-order valence-corrected chi connectivity index (χ4v) is 2.67. The van der Waals surface area contributed by atoms with Gasteiger partial charge in [-0.1, -0.05) is 6.07 Å². The number of benzene rings is 2. The van der Waals surface area contributed by atoms with Gasteiger partial charge in [0, 0.05) is 22.7 Å². The third kappa shape index (κ3) is 5.82. The summed E-state index contributed by atoms with van der Waals surface area (Å²) < 4.78 is 11.4. The van der Waals surface area contributed by atoms with Crippen LogP contribution in [0.2, 0.25) is 0 Å². The van der Waals surface area contributed by atoms with E-state index in [1.807, 2.05) is 19.9 Å². The van der Waals surface area contributed by atoms with Crippen LogP contribution in [0.15, 0.2) is 46.9 Å². The third-order valence-corrected chi connectivity index (χ3v) is 4.05. The van der Waals surface area contributed by atoms with Crippen LogP contribution in [0.1, 0.15) is 19.4 Å². The number of anilines is 1. The molecule has 2 aromatic rings. The molecular formula is C19H19BrN2O5. The molecule has 0 aliphatic carbocycles. The van der Waals surface area contributed by atoms with E-state index in [0.29, 0.717) is 21.7 Å². The largest absolute Gasteiger partial charge is 0.493 e. The van der Waals surface area contributed by atoms with E-state index in [4.69, 9.17) is 9.47 Å². The predicted octanol–water partition coefficient (Wildman–Crippen LogP) is 4.81. The van der Waals surface area contributed by atoms with Gasteiger partial charge in [0.25, 0.3) is 5.69 Å². The molecule has 0 saturated carbocycles. The van der Waals surface area contributed by atoms with Crippen molar-refractivity contribution in [3.8, 4) is 11.5 Å². The van der Waals surface area contributed by atoms with Crippen LogP contribution >= 0.6 is 15.9 Å². The highest BCUT2D eigenvalue weighted by Gasteiger charge is 2.10. The molecule has 0 unspecified atom stereocenters. The number of nitro benzene ring substituents is 1. The van der Waals surface area contributed by atoms with Crippen LogP contribution in [0.3, 0.4) is 0 Å².